The first-order valence-electron chi connectivity index (χ1n) is 12.3. The Morgan fingerprint density at radius 3 is 2.44 bits per heavy atom. The van der Waals surface area contributed by atoms with Gasteiger partial charge in [-0.3, -0.25) is 9.59 Å². The van der Waals surface area contributed by atoms with Gasteiger partial charge in [-0.25, -0.2) is 0 Å². The zero-order valence-corrected chi connectivity index (χ0v) is 21.7. The molecule has 1 fully saturated rings. The molecule has 1 saturated heterocycles. The fourth-order valence-corrected chi connectivity index (χ4v) is 4.18. The summed E-state index contributed by atoms with van der Waals surface area (Å²) in [6, 6.07) is 9.11. The first-order valence-corrected chi connectivity index (χ1v) is 12.3. The van der Waals surface area contributed by atoms with Crippen LogP contribution in [0.25, 0.3) is 5.76 Å². The lowest BCUT2D eigenvalue weighted by molar-refractivity contribution is -0.140. The van der Waals surface area contributed by atoms with Crippen molar-refractivity contribution in [3.05, 3.63) is 58.7 Å². The largest absolute Gasteiger partial charge is 0.507 e. The highest BCUT2D eigenvalue weighted by molar-refractivity contribution is 6.46. The molecule has 0 aliphatic carbocycles. The number of amides is 1. The summed E-state index contributed by atoms with van der Waals surface area (Å²) in [5, 5.41) is 21.5. The van der Waals surface area contributed by atoms with Crippen molar-refractivity contribution in [1.29, 1.82) is 0 Å². The van der Waals surface area contributed by atoms with Crippen molar-refractivity contribution in [3.63, 3.8) is 0 Å². The van der Waals surface area contributed by atoms with E-state index in [4.69, 9.17) is 9.47 Å². The van der Waals surface area contributed by atoms with E-state index < -0.39 is 17.7 Å². The Morgan fingerprint density at radius 2 is 1.81 bits per heavy atom. The van der Waals surface area contributed by atoms with Crippen LogP contribution < -0.4 is 9.47 Å². The first kappa shape index (κ1) is 27.1. The molecule has 2 N–H and O–H groups in total. The number of aryl methyl sites for hydroxylation is 1. The van der Waals surface area contributed by atoms with Gasteiger partial charge in [0.25, 0.3) is 11.7 Å². The van der Waals surface area contributed by atoms with E-state index in [0.717, 1.165) is 18.4 Å². The minimum absolute atomic E-state index is 0.00551. The van der Waals surface area contributed by atoms with Crippen LogP contribution in [0.15, 0.2) is 42.0 Å². The lowest BCUT2D eigenvalue weighted by atomic mass is 9.94. The maximum atomic E-state index is 13.2. The molecule has 1 heterocycles. The molecule has 8 nitrogen and oxygen atoms in total. The monoisotopic (exact) mass is 496 g/mol. The molecule has 2 aromatic rings. The van der Waals surface area contributed by atoms with Crippen molar-refractivity contribution in [1.82, 2.24) is 9.80 Å². The number of hydrogen-bond donors (Lipinski definition) is 2. The highest BCUT2D eigenvalue weighted by Crippen LogP contribution is 2.42. The fourth-order valence-electron chi connectivity index (χ4n) is 4.18. The van der Waals surface area contributed by atoms with Gasteiger partial charge in [0.2, 0.25) is 0 Å². The van der Waals surface area contributed by atoms with Crippen LogP contribution in [-0.4, -0.2) is 72.1 Å². The van der Waals surface area contributed by atoms with Gasteiger partial charge in [-0.2, -0.15) is 0 Å². The van der Waals surface area contributed by atoms with Crippen molar-refractivity contribution in [2.75, 3.05) is 40.4 Å². The summed E-state index contributed by atoms with van der Waals surface area (Å²) in [6.45, 7) is 7.52. The number of Topliss-reactive ketones (excluding diaryl/α,β-unsaturated/α-hetero) is 1. The van der Waals surface area contributed by atoms with E-state index in [1.165, 1.54) is 11.0 Å². The van der Waals surface area contributed by atoms with Gasteiger partial charge < -0.3 is 29.5 Å². The van der Waals surface area contributed by atoms with E-state index in [9.17, 15) is 19.8 Å². The first-order chi connectivity index (χ1) is 17.2. The third kappa shape index (κ3) is 5.82. The van der Waals surface area contributed by atoms with Gasteiger partial charge in [0.05, 0.1) is 24.8 Å². The Labute approximate surface area is 212 Å². The maximum Gasteiger partial charge on any atom is 0.295 e. The molecular formula is C28H36N2O6. The van der Waals surface area contributed by atoms with Gasteiger partial charge in [0.15, 0.2) is 11.5 Å². The number of hydrogen-bond acceptors (Lipinski definition) is 7. The van der Waals surface area contributed by atoms with Crippen molar-refractivity contribution in [3.8, 4) is 17.2 Å². The third-order valence-corrected chi connectivity index (χ3v) is 6.13. The molecule has 3 rings (SSSR count). The molecule has 1 amide bonds. The Morgan fingerprint density at radius 1 is 1.06 bits per heavy atom. The van der Waals surface area contributed by atoms with Gasteiger partial charge in [-0.15, -0.1) is 0 Å². The number of rotatable bonds is 11. The van der Waals surface area contributed by atoms with E-state index in [1.807, 2.05) is 25.9 Å². The van der Waals surface area contributed by atoms with Crippen LogP contribution in [0.2, 0.25) is 0 Å². The topological polar surface area (TPSA) is 99.5 Å². The molecule has 1 atom stereocenters. The second-order valence-electron chi connectivity index (χ2n) is 9.14. The molecule has 0 unspecified atom stereocenters. The van der Waals surface area contributed by atoms with Gasteiger partial charge in [0, 0.05) is 18.7 Å². The lowest BCUT2D eigenvalue weighted by Crippen LogP contribution is -2.35. The summed E-state index contributed by atoms with van der Waals surface area (Å²) in [7, 11) is 3.76. The number of aliphatic hydroxyl groups is 1. The number of aromatic hydroxyl groups is 1. The standard InChI is InChI=1S/C28H36N2O6/c1-6-8-15-36-22-12-10-20(16-18(22)3)26(32)24-25(19-9-11-21(31)23(17-19)35-7-2)30(14-13-29(4)5)28(34)27(24)33/h9-12,16-17,25,31-32H,6-8,13-15H2,1-5H3/t25-/m1/s1. The number of phenolic OH excluding ortho intramolecular Hbond substituents is 1. The average Bonchev–Trinajstić information content (AvgIpc) is 3.09. The van der Waals surface area contributed by atoms with E-state index in [-0.39, 0.29) is 29.4 Å². The number of phenols is 1. The summed E-state index contributed by atoms with van der Waals surface area (Å²) in [4.78, 5) is 29.7. The number of unbranched alkanes of at least 4 members (excludes halogenated alkanes) is 1. The maximum absolute atomic E-state index is 13.2. The summed E-state index contributed by atoms with van der Waals surface area (Å²) < 4.78 is 11.4. The van der Waals surface area contributed by atoms with Crippen LogP contribution >= 0.6 is 0 Å². The van der Waals surface area contributed by atoms with Crippen LogP contribution in [0.1, 0.15) is 49.4 Å². The number of likely N-dealkylation sites (N-methyl/N-ethyl adjacent to an activating group) is 1. The quantitative estimate of drug-likeness (QED) is 0.208. The summed E-state index contributed by atoms with van der Waals surface area (Å²) in [5.41, 5.74) is 1.81. The zero-order valence-electron chi connectivity index (χ0n) is 21.7. The average molecular weight is 497 g/mol. The smallest absolute Gasteiger partial charge is 0.295 e. The van der Waals surface area contributed by atoms with Crippen molar-refractivity contribution in [2.45, 2.75) is 39.7 Å². The molecule has 0 spiro atoms. The van der Waals surface area contributed by atoms with Gasteiger partial charge in [0.1, 0.15) is 11.5 Å². The third-order valence-electron chi connectivity index (χ3n) is 6.13. The molecule has 1 aliphatic rings. The normalized spacial score (nSPS) is 17.2. The number of aliphatic hydroxyl groups excluding tert-OH is 1. The molecule has 0 radical (unpaired) electrons. The molecule has 0 saturated carbocycles. The molecular weight excluding hydrogens is 460 g/mol. The van der Waals surface area contributed by atoms with Crippen molar-refractivity contribution in [2.24, 2.45) is 0 Å². The molecule has 36 heavy (non-hydrogen) atoms. The van der Waals surface area contributed by atoms with Crippen molar-refractivity contribution < 1.29 is 29.3 Å². The van der Waals surface area contributed by atoms with Gasteiger partial charge in [-0.05, 0) is 75.8 Å². The predicted octanol–water partition coefficient (Wildman–Crippen LogP) is 4.26. The number of carbonyl (C=O) groups is 2. The van der Waals surface area contributed by atoms with Crippen molar-refractivity contribution >= 4 is 17.4 Å². The molecule has 8 heteroatoms. The second kappa shape index (κ2) is 11.9. The minimum Gasteiger partial charge on any atom is -0.507 e. The van der Waals surface area contributed by atoms with Crippen LogP contribution in [0.5, 0.6) is 17.2 Å². The van der Waals surface area contributed by atoms with Crippen LogP contribution in [-0.2, 0) is 9.59 Å². The number of benzene rings is 2. The molecule has 0 aromatic heterocycles. The Kier molecular flexibility index (Phi) is 8.98. The van der Waals surface area contributed by atoms with Crippen LogP contribution in [0, 0.1) is 6.92 Å². The van der Waals surface area contributed by atoms with E-state index in [0.29, 0.717) is 36.6 Å². The van der Waals surface area contributed by atoms with Crippen LogP contribution in [0.4, 0.5) is 0 Å². The Hall–Kier alpha value is -3.52. The number of likely N-dealkylation sites (tertiary alicyclic amines) is 1. The highest BCUT2D eigenvalue weighted by Gasteiger charge is 2.46. The number of carbonyl (C=O) groups excluding carboxylic acids is 2. The second-order valence-corrected chi connectivity index (χ2v) is 9.14. The molecule has 194 valence electrons. The van der Waals surface area contributed by atoms with Crippen LogP contribution in [0.3, 0.4) is 0 Å². The Balaban J connectivity index is 2.10. The van der Waals surface area contributed by atoms with E-state index >= 15 is 0 Å². The summed E-state index contributed by atoms with van der Waals surface area (Å²) in [5.74, 6) is -0.755. The number of ketones is 1. The SMILES string of the molecule is CCCCOc1ccc(C(O)=C2C(=O)C(=O)N(CCN(C)C)[C@@H]2c2ccc(O)c(OCC)c2)cc1C. The molecule has 1 aliphatic heterocycles. The summed E-state index contributed by atoms with van der Waals surface area (Å²) >= 11 is 0. The van der Waals surface area contributed by atoms with E-state index in [2.05, 4.69) is 6.92 Å². The van der Waals surface area contributed by atoms with Gasteiger partial charge in [-0.1, -0.05) is 19.4 Å². The fraction of sp³-hybridized carbons (Fsp3) is 0.429. The van der Waals surface area contributed by atoms with Gasteiger partial charge >= 0.3 is 0 Å². The lowest BCUT2D eigenvalue weighted by Gasteiger charge is -2.27. The zero-order chi connectivity index (χ0) is 26.4. The van der Waals surface area contributed by atoms with E-state index in [1.54, 1.807) is 37.3 Å². The summed E-state index contributed by atoms with van der Waals surface area (Å²) in [6.07, 6.45) is 1.96. The predicted molar refractivity (Wildman–Crippen MR) is 138 cm³/mol. The molecule has 0 bridgehead atoms. The highest BCUT2D eigenvalue weighted by atomic mass is 16.5. The number of ether oxygens (including phenoxy) is 2. The Bertz CT molecular complexity index is 1140. The molecule has 2 aromatic carbocycles. The number of nitrogens with zero attached hydrogens (tertiary/aromatic N) is 2. The minimum atomic E-state index is -0.828.